The number of esters is 1. The summed E-state index contributed by atoms with van der Waals surface area (Å²) in [5.41, 5.74) is 0. The lowest BCUT2D eigenvalue weighted by Gasteiger charge is -2.30. The van der Waals surface area contributed by atoms with Crippen LogP contribution in [0.1, 0.15) is 213 Å². The second kappa shape index (κ2) is 53.5. The van der Waals surface area contributed by atoms with Crippen LogP contribution in [0.25, 0.3) is 0 Å². The van der Waals surface area contributed by atoms with Crippen molar-refractivity contribution in [3.8, 4) is 0 Å². The quantitative estimate of drug-likeness (QED) is 0.0161. The van der Waals surface area contributed by atoms with Crippen LogP contribution < -0.4 is 10.2 Å². The maximum Gasteiger partial charge on any atom is 0.306 e. The molecule has 0 heterocycles. The highest BCUT2D eigenvalue weighted by atomic mass is 31.2. The number of nitrogens with one attached hydrogen (secondary N) is 1. The third-order valence-electron chi connectivity index (χ3n) is 12.2. The van der Waals surface area contributed by atoms with Gasteiger partial charge in [-0.25, -0.2) is 0 Å². The molecule has 0 aliphatic carbocycles. The van der Waals surface area contributed by atoms with Crippen molar-refractivity contribution in [2.75, 3.05) is 40.9 Å². The minimum atomic E-state index is -4.73. The van der Waals surface area contributed by atoms with E-state index in [2.05, 4.69) is 86.8 Å². The minimum absolute atomic E-state index is 0.0444. The van der Waals surface area contributed by atoms with Crippen molar-refractivity contribution in [2.45, 2.75) is 226 Å². The minimum Gasteiger partial charge on any atom is -0.756 e. The number of phosphoric ester groups is 1. The van der Waals surface area contributed by atoms with Gasteiger partial charge in [0, 0.05) is 12.8 Å². The van der Waals surface area contributed by atoms with Gasteiger partial charge in [-0.3, -0.25) is 14.2 Å². The van der Waals surface area contributed by atoms with Crippen molar-refractivity contribution in [2.24, 2.45) is 0 Å². The molecule has 0 bridgehead atoms. The van der Waals surface area contributed by atoms with E-state index in [-0.39, 0.29) is 25.4 Å². The number of amides is 1. The molecule has 0 aromatic carbocycles. The van der Waals surface area contributed by atoms with Crippen LogP contribution in [0.2, 0.25) is 0 Å². The van der Waals surface area contributed by atoms with E-state index in [0.29, 0.717) is 23.9 Å². The lowest BCUT2D eigenvalue weighted by molar-refractivity contribution is -0.870. The normalized spacial score (nSPS) is 14.7. The molecule has 0 aromatic rings. The van der Waals surface area contributed by atoms with Crippen LogP contribution in [0.4, 0.5) is 0 Å². The first-order valence-electron chi connectivity index (χ1n) is 29.6. The average Bonchev–Trinajstić information content (AvgIpc) is 3.37. The number of carbonyl (C=O) groups excluding carboxylic acids is 2. The van der Waals surface area contributed by atoms with Gasteiger partial charge in [-0.15, -0.1) is 0 Å². The van der Waals surface area contributed by atoms with Crippen molar-refractivity contribution >= 4 is 19.7 Å². The molecule has 1 amide bonds. The van der Waals surface area contributed by atoms with E-state index in [1.54, 1.807) is 6.08 Å². The van der Waals surface area contributed by atoms with Crippen LogP contribution in [0.5, 0.6) is 0 Å². The van der Waals surface area contributed by atoms with Gasteiger partial charge in [0.1, 0.15) is 19.3 Å². The van der Waals surface area contributed by atoms with Crippen LogP contribution in [0.3, 0.4) is 0 Å². The van der Waals surface area contributed by atoms with Gasteiger partial charge >= 0.3 is 5.97 Å². The molecule has 75 heavy (non-hydrogen) atoms. The number of phosphoric acid groups is 1. The van der Waals surface area contributed by atoms with E-state index in [4.69, 9.17) is 13.8 Å². The predicted molar refractivity (Wildman–Crippen MR) is 320 cm³/mol. The number of ether oxygens (including phenoxy) is 1. The molecule has 0 aliphatic rings. The Balaban J connectivity index is 5.51. The van der Waals surface area contributed by atoms with Gasteiger partial charge < -0.3 is 28.5 Å². The molecule has 426 valence electrons. The van der Waals surface area contributed by atoms with E-state index in [1.807, 2.05) is 88.0 Å². The molecule has 3 unspecified atom stereocenters. The zero-order chi connectivity index (χ0) is 55.0. The fraction of sp³-hybridized carbons (Fsp3) is 0.631. The molecule has 0 saturated carbocycles. The molecule has 0 aliphatic heterocycles. The highest BCUT2D eigenvalue weighted by Gasteiger charge is 2.27. The molecule has 3 atom stereocenters. The summed E-state index contributed by atoms with van der Waals surface area (Å²) in [5.74, 6) is -0.640. The third-order valence-corrected chi connectivity index (χ3v) is 13.2. The van der Waals surface area contributed by atoms with E-state index in [0.717, 1.165) is 83.5 Å². The molecule has 0 radical (unpaired) electrons. The van der Waals surface area contributed by atoms with E-state index in [9.17, 15) is 19.0 Å². The summed E-state index contributed by atoms with van der Waals surface area (Å²) in [6.45, 7) is 6.59. The Morgan fingerprint density at radius 1 is 0.493 bits per heavy atom. The molecular formula is C65H109N2O7P. The standard InChI is InChI=1S/C65H109N2O7P/c1-7-10-13-16-19-22-25-28-30-32-33-35-36-39-42-45-48-51-54-57-64(68)66-62(61-73-75(70,71)72-60-59-67(4,5)6)63(56-53-50-47-44-41-38-27-24-21-18-15-12-9-3)74-65(69)58-55-52-49-46-43-40-37-34-31-29-26-23-20-17-14-11-8-2/h11,14,17,19-20,22-23,26,28-31,33-35,37,39-40,42-43,53,56,62-63H,7-10,12-13,15-16,18,21,24-25,27,32,36,38,41,44-52,54-55,57-61H2,1-6H3,(H-,66,68,70,71)/b14-11-,20-17+,22-19-,26-23+,30-28-,31-29-,35-33-,37-34+,42-39-,43-40+,56-53+. The third kappa shape index (κ3) is 54.7. The molecule has 1 N–H and O–H groups in total. The maximum absolute atomic E-state index is 13.5. The first kappa shape index (κ1) is 71.2. The van der Waals surface area contributed by atoms with Crippen molar-refractivity contribution < 1.29 is 37.3 Å². The number of nitrogens with zero attached hydrogens (tertiary/aromatic N) is 1. The van der Waals surface area contributed by atoms with E-state index >= 15 is 0 Å². The van der Waals surface area contributed by atoms with Crippen molar-refractivity contribution in [1.29, 1.82) is 0 Å². The van der Waals surface area contributed by atoms with Gasteiger partial charge in [0.2, 0.25) is 5.91 Å². The highest BCUT2D eigenvalue weighted by Crippen LogP contribution is 2.38. The first-order chi connectivity index (χ1) is 36.4. The number of rotatable bonds is 51. The Labute approximate surface area is 460 Å². The Bertz CT molecular complexity index is 1740. The zero-order valence-electron chi connectivity index (χ0n) is 48.4. The first-order valence-corrected chi connectivity index (χ1v) is 31.0. The van der Waals surface area contributed by atoms with Gasteiger partial charge in [0.05, 0.1) is 33.8 Å². The average molecular weight is 1060 g/mol. The Kier molecular flexibility index (Phi) is 50.8. The van der Waals surface area contributed by atoms with Crippen molar-refractivity contribution in [3.05, 3.63) is 134 Å². The van der Waals surface area contributed by atoms with Gasteiger partial charge in [0.25, 0.3) is 7.82 Å². The molecule has 9 nitrogen and oxygen atoms in total. The van der Waals surface area contributed by atoms with Gasteiger partial charge in [0.15, 0.2) is 0 Å². The summed E-state index contributed by atoms with van der Waals surface area (Å²) < 4.78 is 30.2. The van der Waals surface area contributed by atoms with E-state index < -0.39 is 32.5 Å². The van der Waals surface area contributed by atoms with Gasteiger partial charge in [-0.05, 0) is 96.0 Å². The maximum atomic E-state index is 13.5. The summed E-state index contributed by atoms with van der Waals surface area (Å²) in [4.78, 5) is 39.9. The molecular weight excluding hydrogens is 952 g/mol. The number of unbranched alkanes of at least 4 members (excludes halogenated alkanes) is 20. The molecule has 0 fully saturated rings. The Morgan fingerprint density at radius 3 is 1.43 bits per heavy atom. The zero-order valence-corrected chi connectivity index (χ0v) is 49.3. The molecule has 0 rings (SSSR count). The molecule has 0 spiro atoms. The lowest BCUT2D eigenvalue weighted by Crippen LogP contribution is -2.47. The predicted octanol–water partition coefficient (Wildman–Crippen LogP) is 17.5. The summed E-state index contributed by atoms with van der Waals surface area (Å²) in [7, 11) is 1.11. The SMILES string of the molecule is CC\C=C/C=C/C=C/C=C\C=C\C=C\CCCCCC(=O)OC(/C=C/CCCCCCCCCCCCC)C(COP(=O)([O-])OCC[N+](C)(C)C)NC(=O)CCCCC/C=C\C/C=C\C/C=C\C/C=C\CCCCC. The van der Waals surface area contributed by atoms with Gasteiger partial charge in [-0.1, -0.05) is 238 Å². The molecule has 0 saturated heterocycles. The van der Waals surface area contributed by atoms with Crippen molar-refractivity contribution in [3.63, 3.8) is 0 Å². The van der Waals surface area contributed by atoms with Crippen LogP contribution in [-0.2, 0) is 27.9 Å². The molecule has 10 heteroatoms. The van der Waals surface area contributed by atoms with Crippen molar-refractivity contribution in [1.82, 2.24) is 5.32 Å². The van der Waals surface area contributed by atoms with Crippen LogP contribution in [0, 0.1) is 0 Å². The van der Waals surface area contributed by atoms with Crippen LogP contribution >= 0.6 is 7.82 Å². The summed E-state index contributed by atoms with van der Waals surface area (Å²) in [6.07, 6.45) is 75.6. The fourth-order valence-electron chi connectivity index (χ4n) is 7.65. The largest absolute Gasteiger partial charge is 0.756 e. The Hall–Kier alpha value is -3.85. The number of allylic oxidation sites excluding steroid dienone is 21. The lowest BCUT2D eigenvalue weighted by atomic mass is 10.0. The highest BCUT2D eigenvalue weighted by molar-refractivity contribution is 7.45. The number of hydrogen-bond donors (Lipinski definition) is 1. The number of likely N-dealkylation sites (N-methyl/N-ethyl adjacent to an activating group) is 1. The van der Waals surface area contributed by atoms with Gasteiger partial charge in [-0.2, -0.15) is 0 Å². The number of hydrogen-bond acceptors (Lipinski definition) is 7. The van der Waals surface area contributed by atoms with Crippen LogP contribution in [-0.4, -0.2) is 69.4 Å². The van der Waals surface area contributed by atoms with Crippen LogP contribution in [0.15, 0.2) is 134 Å². The number of carbonyl (C=O) groups is 2. The summed E-state index contributed by atoms with van der Waals surface area (Å²) in [5, 5.41) is 2.99. The smallest absolute Gasteiger partial charge is 0.306 e. The molecule has 0 aromatic heterocycles. The monoisotopic (exact) mass is 1060 g/mol. The summed E-state index contributed by atoms with van der Waals surface area (Å²) in [6, 6.07) is -0.934. The second-order valence-corrected chi connectivity index (χ2v) is 22.0. The number of quaternary nitrogens is 1. The Morgan fingerprint density at radius 2 is 0.907 bits per heavy atom. The topological polar surface area (TPSA) is 114 Å². The fourth-order valence-corrected chi connectivity index (χ4v) is 8.38. The van der Waals surface area contributed by atoms with E-state index in [1.165, 1.54) is 83.5 Å². The summed E-state index contributed by atoms with van der Waals surface area (Å²) >= 11 is 0. The second-order valence-electron chi connectivity index (χ2n) is 20.6.